The smallest absolute Gasteiger partial charge is 0.279 e. The molecule has 0 rings (SSSR count). The Kier molecular flexibility index (Phi) is 2.70. The topological polar surface area (TPSA) is 71.4 Å². The van der Waals surface area contributed by atoms with E-state index in [2.05, 4.69) is 0 Å². The van der Waals surface area contributed by atoms with Gasteiger partial charge in [0.2, 0.25) is 0 Å². The lowest BCUT2D eigenvalue weighted by atomic mass is 10.4. The Labute approximate surface area is 68.1 Å². The number of carbonyl (C=O) groups excluding carboxylic acids is 1. The number of carbonyl (C=O) groups is 1. The molecule has 0 aromatic heterocycles. The summed E-state index contributed by atoms with van der Waals surface area (Å²) in [6.45, 7) is 0. The molecule has 0 atom stereocenters. The van der Waals surface area contributed by atoms with Crippen molar-refractivity contribution < 1.29 is 39.7 Å². The molecule has 13 heavy (non-hydrogen) atoms. The molecule has 0 aliphatic heterocycles. The van der Waals surface area contributed by atoms with Crippen LogP contribution in [0.4, 0.5) is 22.0 Å². The Balaban J connectivity index is 5.22. The largest absolute Gasteiger partial charge is 0.462 e. The standard InChI is InChI=1S/C3HF5O4S/c4-2(5,3(6,7)8)1(9)13(10,11)12/h(H,10,11,12). The minimum Gasteiger partial charge on any atom is -0.279 e. The van der Waals surface area contributed by atoms with E-state index in [1.807, 2.05) is 0 Å². The lowest BCUT2D eigenvalue weighted by molar-refractivity contribution is -0.264. The average Bonchev–Trinajstić information content (AvgIpc) is 1.81. The monoisotopic (exact) mass is 228 g/mol. The van der Waals surface area contributed by atoms with Gasteiger partial charge >= 0.3 is 27.3 Å². The van der Waals surface area contributed by atoms with Gasteiger partial charge in [-0.25, -0.2) is 0 Å². The first-order valence-electron chi connectivity index (χ1n) is 2.37. The maximum absolute atomic E-state index is 11.8. The third-order valence-corrected chi connectivity index (χ3v) is 1.57. The summed E-state index contributed by atoms with van der Waals surface area (Å²) in [7, 11) is -6.05. The third-order valence-electron chi connectivity index (χ3n) is 0.847. The van der Waals surface area contributed by atoms with Gasteiger partial charge in [0.1, 0.15) is 0 Å². The molecule has 0 radical (unpaired) electrons. The Bertz CT molecular complexity index is 313. The zero-order valence-corrected chi connectivity index (χ0v) is 6.29. The van der Waals surface area contributed by atoms with Crippen LogP contribution in [0.3, 0.4) is 0 Å². The molecule has 0 heterocycles. The predicted octanol–water partition coefficient (Wildman–Crippen LogP) is 0.598. The van der Waals surface area contributed by atoms with Crippen molar-refractivity contribution in [2.24, 2.45) is 0 Å². The van der Waals surface area contributed by atoms with Crippen molar-refractivity contribution >= 4 is 15.2 Å². The van der Waals surface area contributed by atoms with E-state index in [-0.39, 0.29) is 0 Å². The first-order valence-corrected chi connectivity index (χ1v) is 3.81. The number of alkyl halides is 5. The Hall–Kier alpha value is -0.770. The molecule has 10 heteroatoms. The zero-order valence-electron chi connectivity index (χ0n) is 5.47. The summed E-state index contributed by atoms with van der Waals surface area (Å²) in [5, 5.41) is -3.59. The van der Waals surface area contributed by atoms with Crippen LogP contribution in [0.1, 0.15) is 0 Å². The number of hydrogen-bond acceptors (Lipinski definition) is 3. The van der Waals surface area contributed by atoms with E-state index in [4.69, 9.17) is 4.55 Å². The molecule has 0 aliphatic carbocycles. The molecule has 0 saturated carbocycles. The molecule has 0 aromatic carbocycles. The van der Waals surface area contributed by atoms with Crippen molar-refractivity contribution in [1.82, 2.24) is 0 Å². The molecule has 0 spiro atoms. The van der Waals surface area contributed by atoms with Gasteiger partial charge in [-0.15, -0.1) is 0 Å². The van der Waals surface area contributed by atoms with Gasteiger partial charge in [-0.05, 0) is 0 Å². The van der Waals surface area contributed by atoms with Crippen molar-refractivity contribution in [1.29, 1.82) is 0 Å². The molecule has 78 valence electrons. The van der Waals surface area contributed by atoms with Crippen molar-refractivity contribution in [3.05, 3.63) is 0 Å². The lowest BCUT2D eigenvalue weighted by Crippen LogP contribution is -2.47. The van der Waals surface area contributed by atoms with Crippen LogP contribution < -0.4 is 0 Å². The third kappa shape index (κ3) is 2.34. The summed E-state index contributed by atoms with van der Waals surface area (Å²) in [6.07, 6.45) is -6.35. The molecule has 1 N–H and O–H groups in total. The molecule has 0 amide bonds. The summed E-state index contributed by atoms with van der Waals surface area (Å²) in [5.41, 5.74) is 0. The molecule has 0 unspecified atom stereocenters. The molecular weight excluding hydrogens is 227 g/mol. The molecule has 0 bridgehead atoms. The zero-order chi connectivity index (χ0) is 11.1. The van der Waals surface area contributed by atoms with Crippen molar-refractivity contribution in [2.75, 3.05) is 0 Å². The normalized spacial score (nSPS) is 14.3. The highest BCUT2D eigenvalue weighted by Crippen LogP contribution is 2.37. The summed E-state index contributed by atoms with van der Waals surface area (Å²) in [4.78, 5) is 9.83. The summed E-state index contributed by atoms with van der Waals surface area (Å²) >= 11 is 0. The number of halogens is 5. The second kappa shape index (κ2) is 2.87. The van der Waals surface area contributed by atoms with Crippen molar-refractivity contribution in [3.8, 4) is 0 Å². The molecule has 0 aromatic rings. The van der Waals surface area contributed by atoms with E-state index in [9.17, 15) is 35.2 Å². The second-order valence-electron chi connectivity index (χ2n) is 1.83. The first-order chi connectivity index (χ1) is 5.40. The highest BCUT2D eigenvalue weighted by atomic mass is 32.2. The first kappa shape index (κ1) is 12.2. The summed E-state index contributed by atoms with van der Waals surface area (Å²) < 4.78 is 84.3. The minimum absolute atomic E-state index is 3.59. The SMILES string of the molecule is O=C(C(F)(F)C(F)(F)F)S(=O)(=O)O. The number of rotatable bonds is 1. The fraction of sp³-hybridized carbons (Fsp3) is 0.667. The van der Waals surface area contributed by atoms with Gasteiger partial charge in [0.15, 0.2) is 0 Å². The quantitative estimate of drug-likeness (QED) is 0.526. The van der Waals surface area contributed by atoms with E-state index in [0.29, 0.717) is 0 Å². The van der Waals surface area contributed by atoms with Gasteiger partial charge in [0.05, 0.1) is 0 Å². The van der Waals surface area contributed by atoms with Gasteiger partial charge < -0.3 is 0 Å². The van der Waals surface area contributed by atoms with Gasteiger partial charge in [-0.2, -0.15) is 30.4 Å². The maximum Gasteiger partial charge on any atom is 0.462 e. The Morgan fingerprint density at radius 3 is 1.46 bits per heavy atom. The predicted molar refractivity (Wildman–Crippen MR) is 27.6 cm³/mol. The van der Waals surface area contributed by atoms with Gasteiger partial charge in [0, 0.05) is 0 Å². The van der Waals surface area contributed by atoms with Crippen LogP contribution in [0.15, 0.2) is 0 Å². The Morgan fingerprint density at radius 1 is 1.08 bits per heavy atom. The fourth-order valence-electron chi connectivity index (χ4n) is 0.278. The highest BCUT2D eigenvalue weighted by molar-refractivity contribution is 8.01. The second-order valence-corrected chi connectivity index (χ2v) is 3.16. The van der Waals surface area contributed by atoms with Crippen molar-refractivity contribution in [3.63, 3.8) is 0 Å². The van der Waals surface area contributed by atoms with Crippen LogP contribution in [0, 0.1) is 0 Å². The lowest BCUT2D eigenvalue weighted by Gasteiger charge is -2.15. The van der Waals surface area contributed by atoms with Crippen LogP contribution in [0.25, 0.3) is 0 Å². The molecule has 0 fully saturated rings. The highest BCUT2D eigenvalue weighted by Gasteiger charge is 2.66. The summed E-state index contributed by atoms with van der Waals surface area (Å²) in [5.74, 6) is -6.10. The molecule has 0 aliphatic rings. The van der Waals surface area contributed by atoms with Gasteiger partial charge in [0.25, 0.3) is 0 Å². The fourth-order valence-corrected chi connectivity index (χ4v) is 0.717. The van der Waals surface area contributed by atoms with Crippen molar-refractivity contribution in [2.45, 2.75) is 12.1 Å². The molecule has 4 nitrogen and oxygen atoms in total. The summed E-state index contributed by atoms with van der Waals surface area (Å²) in [6, 6.07) is 0. The molecular formula is C3HF5O4S. The van der Waals surface area contributed by atoms with Gasteiger partial charge in [-0.1, -0.05) is 0 Å². The average molecular weight is 228 g/mol. The van der Waals surface area contributed by atoms with E-state index >= 15 is 0 Å². The van der Waals surface area contributed by atoms with Crippen LogP contribution in [0.5, 0.6) is 0 Å². The maximum atomic E-state index is 11.8. The minimum atomic E-state index is -6.35. The van der Waals surface area contributed by atoms with Crippen LogP contribution in [-0.4, -0.2) is 30.2 Å². The van der Waals surface area contributed by atoms with Gasteiger partial charge in [-0.3, -0.25) is 9.35 Å². The molecule has 0 saturated heterocycles. The van der Waals surface area contributed by atoms with E-state index in [1.165, 1.54) is 0 Å². The van der Waals surface area contributed by atoms with Crippen LogP contribution in [0.2, 0.25) is 0 Å². The Morgan fingerprint density at radius 2 is 1.38 bits per heavy atom. The van der Waals surface area contributed by atoms with E-state index < -0.39 is 27.3 Å². The van der Waals surface area contributed by atoms with Crippen LogP contribution >= 0.6 is 0 Å². The van der Waals surface area contributed by atoms with Crippen LogP contribution in [-0.2, 0) is 14.9 Å². The van der Waals surface area contributed by atoms with E-state index in [1.54, 1.807) is 0 Å². The van der Waals surface area contributed by atoms with E-state index in [0.717, 1.165) is 0 Å². The number of hydrogen-bond donors (Lipinski definition) is 1.